The quantitative estimate of drug-likeness (QED) is 0.169. The van der Waals surface area contributed by atoms with Crippen LogP contribution in [0.1, 0.15) is 17.3 Å². The van der Waals surface area contributed by atoms with Crippen molar-refractivity contribution in [3.05, 3.63) is 181 Å². The Morgan fingerprint density at radius 2 is 1.06 bits per heavy atom. The Kier molecular flexibility index (Phi) is 6.20. The number of amidine groups is 1. The molecule has 0 radical (unpaired) electrons. The molecular formula is C48H32N4. The lowest BCUT2D eigenvalue weighted by Gasteiger charge is -2.33. The average molecular weight is 665 g/mol. The molecule has 4 heteroatoms. The van der Waals surface area contributed by atoms with Gasteiger partial charge in [0.1, 0.15) is 0 Å². The van der Waals surface area contributed by atoms with Crippen molar-refractivity contribution in [2.45, 2.75) is 6.17 Å². The first-order valence-corrected chi connectivity index (χ1v) is 17.8. The Morgan fingerprint density at radius 3 is 1.85 bits per heavy atom. The second kappa shape index (κ2) is 11.1. The first-order valence-electron chi connectivity index (χ1n) is 17.8. The first kappa shape index (κ1) is 29.0. The maximum Gasteiger partial charge on any atom is 0.214 e. The van der Waals surface area contributed by atoms with Crippen molar-refractivity contribution in [1.82, 2.24) is 9.47 Å². The van der Waals surface area contributed by atoms with Crippen LogP contribution in [-0.4, -0.2) is 28.3 Å². The molecule has 1 unspecified atom stereocenters. The van der Waals surface area contributed by atoms with Gasteiger partial charge in [-0.25, -0.2) is 4.99 Å². The number of hydrogen-bond donors (Lipinski definition) is 0. The van der Waals surface area contributed by atoms with Crippen molar-refractivity contribution in [1.29, 1.82) is 0 Å². The summed E-state index contributed by atoms with van der Waals surface area (Å²) in [5.74, 6) is 1.56. The highest BCUT2D eigenvalue weighted by Crippen LogP contribution is 2.44. The van der Waals surface area contributed by atoms with E-state index in [1.165, 1.54) is 64.6 Å². The maximum absolute atomic E-state index is 5.53. The molecule has 0 fully saturated rings. The number of para-hydroxylation sites is 1. The van der Waals surface area contributed by atoms with Crippen molar-refractivity contribution >= 4 is 87.5 Å². The van der Waals surface area contributed by atoms with Crippen molar-refractivity contribution in [3.8, 4) is 0 Å². The monoisotopic (exact) mass is 664 g/mol. The summed E-state index contributed by atoms with van der Waals surface area (Å²) >= 11 is 0. The highest BCUT2D eigenvalue weighted by Gasteiger charge is 2.30. The van der Waals surface area contributed by atoms with E-state index in [0.29, 0.717) is 0 Å². The predicted octanol–water partition coefficient (Wildman–Crippen LogP) is 11.9. The number of fused-ring (bicyclic) bond motifs is 12. The summed E-state index contributed by atoms with van der Waals surface area (Å²) in [6, 6.07) is 61.3. The zero-order valence-electron chi connectivity index (χ0n) is 28.5. The molecule has 0 spiro atoms. The number of aromatic nitrogens is 1. The number of rotatable bonds is 2. The molecule has 52 heavy (non-hydrogen) atoms. The molecule has 244 valence electrons. The van der Waals surface area contributed by atoms with E-state index in [1.807, 2.05) is 0 Å². The highest BCUT2D eigenvalue weighted by molar-refractivity contribution is 6.38. The minimum absolute atomic E-state index is 0.303. The molecule has 2 heterocycles. The molecular weight excluding hydrogens is 633 g/mol. The Bertz CT molecular complexity index is 3170. The minimum atomic E-state index is -0.303. The van der Waals surface area contributed by atoms with Crippen LogP contribution in [0.3, 0.4) is 0 Å². The molecule has 1 atom stereocenters. The van der Waals surface area contributed by atoms with Gasteiger partial charge in [-0.3, -0.25) is 4.57 Å². The first-order chi connectivity index (χ1) is 25.7. The van der Waals surface area contributed by atoms with Crippen LogP contribution in [0, 0.1) is 0 Å². The van der Waals surface area contributed by atoms with Crippen LogP contribution in [0.5, 0.6) is 0 Å². The molecule has 10 aromatic rings. The summed E-state index contributed by atoms with van der Waals surface area (Å²) in [7, 11) is 2.14. The smallest absolute Gasteiger partial charge is 0.214 e. The largest absolute Gasteiger partial charge is 0.319 e. The lowest BCUT2D eigenvalue weighted by atomic mass is 9.93. The van der Waals surface area contributed by atoms with E-state index in [-0.39, 0.29) is 6.17 Å². The summed E-state index contributed by atoms with van der Waals surface area (Å²) in [4.78, 5) is 13.2. The third kappa shape index (κ3) is 4.21. The molecule has 1 aromatic heterocycles. The fourth-order valence-electron chi connectivity index (χ4n) is 8.50. The van der Waals surface area contributed by atoms with Gasteiger partial charge in [-0.15, -0.1) is 0 Å². The van der Waals surface area contributed by atoms with Crippen molar-refractivity contribution < 1.29 is 0 Å². The van der Waals surface area contributed by atoms with E-state index >= 15 is 0 Å². The standard InChI is InChI=1S/C48H32N4/c1-51-47(36-25-23-31-13-3-5-16-34(31)29-36)49-46(35-24-22-30-12-2-4-15-33(30)28-35)50-48(51)52-42-21-11-10-20-41(42)44-43-37-17-7-6-14-32(37)26-27-39(43)38-18-8-9-19-40(38)45(44)52/h2-29,47H,1H3. The van der Waals surface area contributed by atoms with E-state index in [0.717, 1.165) is 34.0 Å². The van der Waals surface area contributed by atoms with Gasteiger partial charge in [0.25, 0.3) is 0 Å². The molecule has 11 rings (SSSR count). The zero-order valence-corrected chi connectivity index (χ0v) is 28.5. The van der Waals surface area contributed by atoms with Gasteiger partial charge in [-0.05, 0) is 66.9 Å². The predicted molar refractivity (Wildman–Crippen MR) is 220 cm³/mol. The Labute approximate surface area is 300 Å². The number of hydrogen-bond acceptors (Lipinski definition) is 3. The van der Waals surface area contributed by atoms with E-state index in [9.17, 15) is 0 Å². The summed E-state index contributed by atoms with van der Waals surface area (Å²) < 4.78 is 2.40. The Balaban J connectivity index is 1.26. The van der Waals surface area contributed by atoms with Crippen molar-refractivity contribution in [2.24, 2.45) is 9.98 Å². The lowest BCUT2D eigenvalue weighted by Crippen LogP contribution is -2.39. The zero-order chi connectivity index (χ0) is 34.3. The van der Waals surface area contributed by atoms with E-state index in [4.69, 9.17) is 9.98 Å². The van der Waals surface area contributed by atoms with E-state index in [2.05, 4.69) is 186 Å². The van der Waals surface area contributed by atoms with Crippen molar-refractivity contribution in [2.75, 3.05) is 7.05 Å². The van der Waals surface area contributed by atoms with Gasteiger partial charge in [0.15, 0.2) is 12.0 Å². The maximum atomic E-state index is 5.53. The molecule has 0 saturated heterocycles. The van der Waals surface area contributed by atoms with Gasteiger partial charge < -0.3 is 4.90 Å². The average Bonchev–Trinajstić information content (AvgIpc) is 3.55. The van der Waals surface area contributed by atoms with Crippen LogP contribution in [0.2, 0.25) is 0 Å². The molecule has 0 saturated carbocycles. The molecule has 1 aliphatic heterocycles. The lowest BCUT2D eigenvalue weighted by molar-refractivity contribution is 0.373. The number of benzene rings is 9. The molecule has 0 N–H and O–H groups in total. The Morgan fingerprint density at radius 1 is 0.462 bits per heavy atom. The van der Waals surface area contributed by atoms with Crippen LogP contribution in [0.4, 0.5) is 0 Å². The molecule has 1 aliphatic rings. The summed E-state index contributed by atoms with van der Waals surface area (Å²) in [5.41, 5.74) is 4.39. The Hall–Kier alpha value is -6.78. The van der Waals surface area contributed by atoms with Crippen LogP contribution < -0.4 is 0 Å². The fourth-order valence-corrected chi connectivity index (χ4v) is 8.50. The van der Waals surface area contributed by atoms with Gasteiger partial charge in [0.2, 0.25) is 5.96 Å². The van der Waals surface area contributed by atoms with Gasteiger partial charge in [0, 0.05) is 34.2 Å². The second-order valence-corrected chi connectivity index (χ2v) is 13.8. The van der Waals surface area contributed by atoms with Crippen LogP contribution >= 0.6 is 0 Å². The molecule has 0 amide bonds. The number of aliphatic imine (C=N–C) groups is 2. The minimum Gasteiger partial charge on any atom is -0.319 e. The van der Waals surface area contributed by atoms with Crippen LogP contribution in [0.25, 0.3) is 75.7 Å². The number of nitrogens with zero attached hydrogens (tertiary/aromatic N) is 4. The van der Waals surface area contributed by atoms with Gasteiger partial charge in [0.05, 0.1) is 11.0 Å². The van der Waals surface area contributed by atoms with Crippen LogP contribution in [0.15, 0.2) is 180 Å². The third-order valence-corrected chi connectivity index (χ3v) is 10.9. The third-order valence-electron chi connectivity index (χ3n) is 10.9. The van der Waals surface area contributed by atoms with Crippen molar-refractivity contribution in [3.63, 3.8) is 0 Å². The SMILES string of the molecule is CN1C(n2c3ccccc3c3c4c5ccccc5ccc4c4ccccc4c32)=NC(c2ccc3ccccc3c2)=NC1c1ccc2ccccc2c1. The summed E-state index contributed by atoms with van der Waals surface area (Å²) in [6.07, 6.45) is -0.303. The summed E-state index contributed by atoms with van der Waals surface area (Å²) in [6.45, 7) is 0. The molecule has 0 bridgehead atoms. The molecule has 4 nitrogen and oxygen atoms in total. The molecule has 0 aliphatic carbocycles. The van der Waals surface area contributed by atoms with Crippen LogP contribution in [-0.2, 0) is 0 Å². The van der Waals surface area contributed by atoms with Gasteiger partial charge in [-0.1, -0.05) is 152 Å². The van der Waals surface area contributed by atoms with Gasteiger partial charge in [-0.2, -0.15) is 4.99 Å². The van der Waals surface area contributed by atoms with E-state index in [1.54, 1.807) is 0 Å². The van der Waals surface area contributed by atoms with E-state index < -0.39 is 0 Å². The normalized spacial score (nSPS) is 15.0. The topological polar surface area (TPSA) is 32.9 Å². The fraction of sp³-hybridized carbons (Fsp3) is 0.0417. The second-order valence-electron chi connectivity index (χ2n) is 13.8. The summed E-state index contributed by atoms with van der Waals surface area (Å²) in [5, 5.41) is 14.7. The molecule has 9 aromatic carbocycles. The van der Waals surface area contributed by atoms with Gasteiger partial charge >= 0.3 is 0 Å². The highest BCUT2D eigenvalue weighted by atomic mass is 15.4.